The molecule has 0 radical (unpaired) electrons. The second kappa shape index (κ2) is 7.88. The van der Waals surface area contributed by atoms with E-state index in [1.165, 1.54) is 0 Å². The van der Waals surface area contributed by atoms with Gasteiger partial charge in [0.1, 0.15) is 17.7 Å². The fraction of sp³-hybridized carbons (Fsp3) is 0.556. The molecule has 24 heavy (non-hydrogen) atoms. The first kappa shape index (κ1) is 18.6. The molecule has 0 N–H and O–H groups in total. The predicted molar refractivity (Wildman–Crippen MR) is 92.4 cm³/mol. The maximum atomic E-state index is 12.4. The largest absolute Gasteiger partial charge is 0.496 e. The summed E-state index contributed by atoms with van der Waals surface area (Å²) in [5.74, 6) is 0.0542. The average Bonchev–Trinajstić information content (AvgIpc) is 3.01. The third-order valence-corrected chi connectivity index (χ3v) is 4.93. The van der Waals surface area contributed by atoms with Gasteiger partial charge in [0, 0.05) is 0 Å². The lowest BCUT2D eigenvalue weighted by molar-refractivity contribution is -0.153. The Bertz CT molecular complexity index is 632. The van der Waals surface area contributed by atoms with Gasteiger partial charge in [-0.3, -0.25) is 4.79 Å². The molecule has 0 aromatic heterocycles. The van der Waals surface area contributed by atoms with Crippen molar-refractivity contribution in [2.75, 3.05) is 19.6 Å². The fourth-order valence-corrected chi connectivity index (χ4v) is 3.54. The number of rotatable bonds is 5. The molecule has 1 aromatic carbocycles. The first-order chi connectivity index (χ1) is 11.5. The van der Waals surface area contributed by atoms with Gasteiger partial charge in [-0.05, 0) is 56.4 Å². The monoisotopic (exact) mass is 353 g/mol. The third kappa shape index (κ3) is 3.36. The SMILES string of the molecule is CCOC(=O)C1CCC(c2ccc(OC)c(C)c2C)N1C(=O)CCl. The van der Waals surface area contributed by atoms with Crippen LogP contribution < -0.4 is 4.74 Å². The second-order valence-corrected chi connectivity index (χ2v) is 6.17. The van der Waals surface area contributed by atoms with Gasteiger partial charge in [0.25, 0.3) is 0 Å². The van der Waals surface area contributed by atoms with Crippen LogP contribution in [0.4, 0.5) is 0 Å². The Morgan fingerprint density at radius 2 is 1.96 bits per heavy atom. The van der Waals surface area contributed by atoms with Crippen LogP contribution in [0.2, 0.25) is 0 Å². The van der Waals surface area contributed by atoms with Crippen LogP contribution in [-0.4, -0.2) is 42.4 Å². The number of hydrogen-bond acceptors (Lipinski definition) is 4. The molecule has 1 aromatic rings. The highest BCUT2D eigenvalue weighted by Gasteiger charge is 2.42. The Labute approximate surface area is 147 Å². The third-order valence-electron chi connectivity index (χ3n) is 4.70. The summed E-state index contributed by atoms with van der Waals surface area (Å²) in [5, 5.41) is 0. The van der Waals surface area contributed by atoms with Crippen molar-refractivity contribution in [3.8, 4) is 5.75 Å². The van der Waals surface area contributed by atoms with Gasteiger partial charge < -0.3 is 14.4 Å². The van der Waals surface area contributed by atoms with Crippen molar-refractivity contribution in [3.63, 3.8) is 0 Å². The molecular formula is C18H24ClNO4. The van der Waals surface area contributed by atoms with Crippen LogP contribution in [0.5, 0.6) is 5.75 Å². The van der Waals surface area contributed by atoms with E-state index >= 15 is 0 Å². The molecule has 1 saturated heterocycles. The van der Waals surface area contributed by atoms with E-state index < -0.39 is 6.04 Å². The highest BCUT2D eigenvalue weighted by molar-refractivity contribution is 6.27. The van der Waals surface area contributed by atoms with Gasteiger partial charge in [-0.15, -0.1) is 11.6 Å². The van der Waals surface area contributed by atoms with E-state index in [-0.39, 0.29) is 23.8 Å². The van der Waals surface area contributed by atoms with Crippen molar-refractivity contribution in [1.82, 2.24) is 4.90 Å². The number of likely N-dealkylation sites (tertiary alicyclic amines) is 1. The van der Waals surface area contributed by atoms with E-state index in [9.17, 15) is 9.59 Å². The summed E-state index contributed by atoms with van der Waals surface area (Å²) >= 11 is 5.79. The number of ether oxygens (including phenoxy) is 2. The van der Waals surface area contributed by atoms with Crippen molar-refractivity contribution in [1.29, 1.82) is 0 Å². The van der Waals surface area contributed by atoms with Crippen LogP contribution in [0.25, 0.3) is 0 Å². The number of carbonyl (C=O) groups is 2. The summed E-state index contributed by atoms with van der Waals surface area (Å²) in [4.78, 5) is 26.2. The van der Waals surface area contributed by atoms with Gasteiger partial charge in [0.15, 0.2) is 0 Å². The number of halogens is 1. The Morgan fingerprint density at radius 3 is 2.54 bits per heavy atom. The molecule has 1 aliphatic heterocycles. The summed E-state index contributed by atoms with van der Waals surface area (Å²) in [7, 11) is 1.64. The molecule has 1 aliphatic rings. The zero-order valence-corrected chi connectivity index (χ0v) is 15.4. The predicted octanol–water partition coefficient (Wildman–Crippen LogP) is 3.15. The first-order valence-electron chi connectivity index (χ1n) is 8.14. The maximum Gasteiger partial charge on any atom is 0.328 e. The van der Waals surface area contributed by atoms with Gasteiger partial charge in [0.2, 0.25) is 5.91 Å². The summed E-state index contributed by atoms with van der Waals surface area (Å²) in [5.41, 5.74) is 3.13. The van der Waals surface area contributed by atoms with Crippen LogP contribution >= 0.6 is 11.6 Å². The van der Waals surface area contributed by atoms with Crippen molar-refractivity contribution in [2.45, 2.75) is 45.7 Å². The average molecular weight is 354 g/mol. The molecule has 132 valence electrons. The number of carbonyl (C=O) groups excluding carboxylic acids is 2. The molecule has 2 rings (SSSR count). The topological polar surface area (TPSA) is 55.8 Å². The van der Waals surface area contributed by atoms with Crippen molar-refractivity contribution < 1.29 is 19.1 Å². The standard InChI is InChI=1S/C18H24ClNO4/c1-5-24-18(22)15-8-7-14(20(15)17(21)10-19)13-6-9-16(23-4)12(3)11(13)2/h6,9,14-15H,5,7-8,10H2,1-4H3. The molecule has 0 saturated carbocycles. The number of hydrogen-bond donors (Lipinski definition) is 0. The summed E-state index contributed by atoms with van der Waals surface area (Å²) in [6.07, 6.45) is 1.29. The van der Waals surface area contributed by atoms with E-state index in [2.05, 4.69) is 0 Å². The Hall–Kier alpha value is -1.75. The smallest absolute Gasteiger partial charge is 0.328 e. The minimum Gasteiger partial charge on any atom is -0.496 e. The molecule has 0 bridgehead atoms. The molecule has 1 amide bonds. The van der Waals surface area contributed by atoms with E-state index in [0.717, 1.165) is 22.4 Å². The molecule has 5 nitrogen and oxygen atoms in total. The number of esters is 1. The summed E-state index contributed by atoms with van der Waals surface area (Å²) < 4.78 is 10.5. The Kier molecular flexibility index (Phi) is 6.10. The van der Waals surface area contributed by atoms with Gasteiger partial charge in [-0.25, -0.2) is 4.79 Å². The molecule has 1 fully saturated rings. The lowest BCUT2D eigenvalue weighted by atomic mass is 9.95. The minimum absolute atomic E-state index is 0.152. The second-order valence-electron chi connectivity index (χ2n) is 5.90. The number of benzene rings is 1. The zero-order valence-electron chi connectivity index (χ0n) is 14.6. The Morgan fingerprint density at radius 1 is 1.25 bits per heavy atom. The molecular weight excluding hydrogens is 330 g/mol. The highest BCUT2D eigenvalue weighted by atomic mass is 35.5. The van der Waals surface area contributed by atoms with Gasteiger partial charge >= 0.3 is 5.97 Å². The molecule has 0 spiro atoms. The molecule has 0 aliphatic carbocycles. The van der Waals surface area contributed by atoms with Crippen molar-refractivity contribution >= 4 is 23.5 Å². The van der Waals surface area contributed by atoms with E-state index in [0.29, 0.717) is 19.4 Å². The van der Waals surface area contributed by atoms with Crippen LogP contribution in [0.3, 0.4) is 0 Å². The summed E-state index contributed by atoms with van der Waals surface area (Å²) in [6, 6.07) is 3.13. The molecule has 2 atom stereocenters. The lowest BCUT2D eigenvalue weighted by Crippen LogP contribution is -2.43. The van der Waals surface area contributed by atoms with Crippen molar-refractivity contribution in [3.05, 3.63) is 28.8 Å². The first-order valence-corrected chi connectivity index (χ1v) is 8.67. The van der Waals surface area contributed by atoms with Crippen LogP contribution in [-0.2, 0) is 14.3 Å². The number of alkyl halides is 1. The van der Waals surface area contributed by atoms with Crippen LogP contribution in [0, 0.1) is 13.8 Å². The fourth-order valence-electron chi connectivity index (χ4n) is 3.40. The maximum absolute atomic E-state index is 12.4. The highest BCUT2D eigenvalue weighted by Crippen LogP contribution is 2.40. The zero-order chi connectivity index (χ0) is 17.9. The van der Waals surface area contributed by atoms with Gasteiger partial charge in [0.05, 0.1) is 19.8 Å². The van der Waals surface area contributed by atoms with Crippen LogP contribution in [0.1, 0.15) is 42.5 Å². The van der Waals surface area contributed by atoms with Gasteiger partial charge in [-0.1, -0.05) is 6.07 Å². The van der Waals surface area contributed by atoms with Crippen molar-refractivity contribution in [2.24, 2.45) is 0 Å². The van der Waals surface area contributed by atoms with E-state index in [4.69, 9.17) is 21.1 Å². The quantitative estimate of drug-likeness (QED) is 0.602. The Balaban J connectivity index is 2.40. The summed E-state index contributed by atoms with van der Waals surface area (Å²) in [6.45, 7) is 6.05. The number of nitrogens with zero attached hydrogens (tertiary/aromatic N) is 1. The van der Waals surface area contributed by atoms with E-state index in [1.54, 1.807) is 18.9 Å². The van der Waals surface area contributed by atoms with Crippen LogP contribution in [0.15, 0.2) is 12.1 Å². The van der Waals surface area contributed by atoms with Gasteiger partial charge in [-0.2, -0.15) is 0 Å². The molecule has 2 unspecified atom stereocenters. The normalized spacial score (nSPS) is 20.1. The van der Waals surface area contributed by atoms with E-state index in [1.807, 2.05) is 26.0 Å². The molecule has 6 heteroatoms. The minimum atomic E-state index is -0.567. The molecule has 1 heterocycles. The lowest BCUT2D eigenvalue weighted by Gasteiger charge is -2.30. The number of amides is 1. The number of methoxy groups -OCH3 is 1.